The Hall–Kier alpha value is -4.01. The Balaban J connectivity index is 1.50. The van der Waals surface area contributed by atoms with Gasteiger partial charge < -0.3 is 24.0 Å². The van der Waals surface area contributed by atoms with E-state index in [1.807, 2.05) is 68.4 Å². The van der Waals surface area contributed by atoms with Crippen molar-refractivity contribution in [3.05, 3.63) is 92.8 Å². The van der Waals surface area contributed by atoms with E-state index in [0.29, 0.717) is 42.0 Å². The molecule has 0 radical (unpaired) electrons. The number of ether oxygens (including phenoxy) is 2. The first-order valence-corrected chi connectivity index (χ1v) is 12.7. The summed E-state index contributed by atoms with van der Waals surface area (Å²) in [4.78, 5) is 33.9. The molecule has 6 rings (SSSR count). The van der Waals surface area contributed by atoms with Crippen molar-refractivity contribution in [1.82, 2.24) is 14.5 Å². The molecule has 38 heavy (non-hydrogen) atoms. The van der Waals surface area contributed by atoms with E-state index in [4.69, 9.17) is 14.5 Å². The second-order valence-electron chi connectivity index (χ2n) is 10.2. The summed E-state index contributed by atoms with van der Waals surface area (Å²) < 4.78 is 13.5. The van der Waals surface area contributed by atoms with Crippen LogP contribution in [-0.4, -0.2) is 39.6 Å². The van der Waals surface area contributed by atoms with Crippen LogP contribution in [0.1, 0.15) is 41.2 Å². The van der Waals surface area contributed by atoms with E-state index in [0.717, 1.165) is 27.6 Å². The lowest BCUT2D eigenvalue weighted by molar-refractivity contribution is -0.183. The molecule has 2 aliphatic rings. The van der Waals surface area contributed by atoms with Crippen molar-refractivity contribution in [1.29, 1.82) is 0 Å². The fourth-order valence-corrected chi connectivity index (χ4v) is 5.59. The van der Waals surface area contributed by atoms with Crippen molar-refractivity contribution >= 4 is 16.9 Å². The molecule has 8 nitrogen and oxygen atoms in total. The van der Waals surface area contributed by atoms with Crippen LogP contribution in [0.2, 0.25) is 0 Å². The molecule has 4 aromatic rings. The lowest BCUT2D eigenvalue weighted by Crippen LogP contribution is -2.46. The first-order chi connectivity index (χ1) is 18.3. The Kier molecular flexibility index (Phi) is 5.81. The van der Waals surface area contributed by atoms with Gasteiger partial charge >= 0.3 is 5.97 Å². The number of hydrogen-bond acceptors (Lipinski definition) is 7. The van der Waals surface area contributed by atoms with E-state index in [2.05, 4.69) is 0 Å². The Morgan fingerprint density at radius 2 is 1.92 bits per heavy atom. The zero-order valence-electron chi connectivity index (χ0n) is 21.7. The van der Waals surface area contributed by atoms with Crippen molar-refractivity contribution in [2.75, 3.05) is 14.1 Å². The van der Waals surface area contributed by atoms with Crippen LogP contribution in [0.15, 0.2) is 59.4 Å². The van der Waals surface area contributed by atoms with E-state index < -0.39 is 11.6 Å². The summed E-state index contributed by atoms with van der Waals surface area (Å²) in [6.45, 7) is 2.90. The Labute approximate surface area is 220 Å². The molecular formula is C30H29N3O5. The van der Waals surface area contributed by atoms with Gasteiger partial charge in [0.05, 0.1) is 35.6 Å². The number of cyclic esters (lactones) is 1. The molecule has 0 amide bonds. The monoisotopic (exact) mass is 511 g/mol. The fourth-order valence-electron chi connectivity index (χ4n) is 5.59. The number of aromatic hydroxyl groups is 1. The van der Waals surface area contributed by atoms with Crippen LogP contribution >= 0.6 is 0 Å². The number of hydrogen-bond donors (Lipinski definition) is 1. The lowest BCUT2D eigenvalue weighted by Gasteiger charge is -2.36. The number of phenolic OH excluding ortho intramolecular Hbond substituents is 1. The van der Waals surface area contributed by atoms with Crippen LogP contribution in [-0.2, 0) is 46.2 Å². The minimum absolute atomic E-state index is 0.0870. The van der Waals surface area contributed by atoms with Gasteiger partial charge in [-0.2, -0.15) is 0 Å². The number of carbonyl (C=O) groups excluding carboxylic acids is 1. The molecule has 0 unspecified atom stereocenters. The number of pyridine rings is 2. The van der Waals surface area contributed by atoms with Crippen LogP contribution in [0.3, 0.4) is 0 Å². The molecule has 0 fully saturated rings. The summed E-state index contributed by atoms with van der Waals surface area (Å²) in [6.07, 6.45) is 0.319. The Morgan fingerprint density at radius 3 is 2.66 bits per heavy atom. The maximum absolute atomic E-state index is 13.8. The molecule has 0 aliphatic carbocycles. The predicted octanol–water partition coefficient (Wildman–Crippen LogP) is 4.07. The van der Waals surface area contributed by atoms with E-state index in [9.17, 15) is 14.7 Å². The fraction of sp³-hybridized carbons (Fsp3) is 0.300. The van der Waals surface area contributed by atoms with Gasteiger partial charge in [0.2, 0.25) is 0 Å². The van der Waals surface area contributed by atoms with E-state index >= 15 is 0 Å². The molecule has 1 N–H and O–H groups in total. The minimum Gasteiger partial charge on any atom is -0.508 e. The molecule has 0 spiro atoms. The Morgan fingerprint density at radius 1 is 1.13 bits per heavy atom. The van der Waals surface area contributed by atoms with Gasteiger partial charge in [-0.15, -0.1) is 0 Å². The predicted molar refractivity (Wildman–Crippen MR) is 143 cm³/mol. The molecule has 2 aromatic carbocycles. The van der Waals surface area contributed by atoms with Gasteiger partial charge in [0.15, 0.2) is 5.60 Å². The van der Waals surface area contributed by atoms with Gasteiger partial charge in [-0.05, 0) is 50.3 Å². The first kappa shape index (κ1) is 24.3. The first-order valence-electron chi connectivity index (χ1n) is 12.7. The van der Waals surface area contributed by atoms with Gasteiger partial charge in [0.1, 0.15) is 12.4 Å². The van der Waals surface area contributed by atoms with E-state index in [1.54, 1.807) is 16.7 Å². The van der Waals surface area contributed by atoms with Crippen LogP contribution in [0, 0.1) is 0 Å². The average molecular weight is 512 g/mol. The Bertz CT molecular complexity index is 1640. The quantitative estimate of drug-likeness (QED) is 0.344. The molecule has 0 saturated heterocycles. The van der Waals surface area contributed by atoms with Crippen LogP contribution in [0.25, 0.3) is 22.3 Å². The highest BCUT2D eigenvalue weighted by Gasteiger charge is 2.48. The second kappa shape index (κ2) is 9.08. The van der Waals surface area contributed by atoms with Crippen molar-refractivity contribution in [2.24, 2.45) is 0 Å². The standard InChI is InChI=1S/C30H29N3O5/c1-4-30(38-16-18-8-6-5-7-9-18)23-13-25-27-19(14-33(25)28(35)22(23)17-37-29(30)36)12-20-21(15-32(2)3)26(34)11-10-24(20)31-27/h5-13,34H,4,14-17H2,1-3H3/t30-/m0/s1. The van der Waals surface area contributed by atoms with E-state index in [1.165, 1.54) is 0 Å². The third-order valence-corrected chi connectivity index (χ3v) is 7.55. The zero-order chi connectivity index (χ0) is 26.6. The van der Waals surface area contributed by atoms with Gasteiger partial charge in [-0.1, -0.05) is 37.3 Å². The normalized spacial score (nSPS) is 17.8. The summed E-state index contributed by atoms with van der Waals surface area (Å²) in [5.41, 5.74) is 4.10. The zero-order valence-corrected chi connectivity index (χ0v) is 21.7. The summed E-state index contributed by atoms with van der Waals surface area (Å²) >= 11 is 0. The highest BCUT2D eigenvalue weighted by atomic mass is 16.6. The summed E-state index contributed by atoms with van der Waals surface area (Å²) in [5.74, 6) is -0.267. The number of rotatable bonds is 6. The van der Waals surface area contributed by atoms with Crippen LogP contribution in [0.5, 0.6) is 5.75 Å². The van der Waals surface area contributed by atoms with Crippen molar-refractivity contribution in [3.8, 4) is 17.1 Å². The third-order valence-electron chi connectivity index (χ3n) is 7.55. The van der Waals surface area contributed by atoms with Gasteiger partial charge in [-0.25, -0.2) is 9.78 Å². The van der Waals surface area contributed by atoms with Crippen molar-refractivity contribution in [2.45, 2.75) is 45.2 Å². The van der Waals surface area contributed by atoms with Crippen LogP contribution < -0.4 is 5.56 Å². The molecule has 2 aromatic heterocycles. The molecular weight excluding hydrogens is 482 g/mol. The summed E-state index contributed by atoms with van der Waals surface area (Å²) in [7, 11) is 3.89. The topological polar surface area (TPSA) is 93.9 Å². The molecule has 8 heteroatoms. The maximum Gasteiger partial charge on any atom is 0.343 e. The highest BCUT2D eigenvalue weighted by molar-refractivity contribution is 5.89. The maximum atomic E-state index is 13.8. The number of nitrogens with zero attached hydrogens (tertiary/aromatic N) is 3. The highest BCUT2D eigenvalue weighted by Crippen LogP contribution is 2.42. The molecule has 1 atom stereocenters. The van der Waals surface area contributed by atoms with Crippen molar-refractivity contribution < 1.29 is 19.4 Å². The SMILES string of the molecule is CC[C@@]1(OCc2ccccc2)C(=O)OCc2c1cc1n(c2=O)Cc2cc3c(CN(C)C)c(O)ccc3nc2-1. The molecule has 4 heterocycles. The number of fused-ring (bicyclic) bond motifs is 5. The molecule has 0 bridgehead atoms. The molecule has 0 saturated carbocycles. The number of esters is 1. The summed E-state index contributed by atoms with van der Waals surface area (Å²) in [6, 6.07) is 17.0. The second-order valence-corrected chi connectivity index (χ2v) is 10.2. The number of phenols is 1. The third kappa shape index (κ3) is 3.71. The van der Waals surface area contributed by atoms with Gasteiger partial charge in [0, 0.05) is 28.6 Å². The number of aromatic nitrogens is 2. The lowest BCUT2D eigenvalue weighted by atomic mass is 9.85. The largest absolute Gasteiger partial charge is 0.508 e. The molecule has 2 aliphatic heterocycles. The van der Waals surface area contributed by atoms with Crippen LogP contribution in [0.4, 0.5) is 0 Å². The molecule has 194 valence electrons. The number of benzene rings is 2. The average Bonchev–Trinajstić information content (AvgIpc) is 3.27. The van der Waals surface area contributed by atoms with Gasteiger partial charge in [-0.3, -0.25) is 4.79 Å². The minimum atomic E-state index is -1.39. The van der Waals surface area contributed by atoms with Crippen molar-refractivity contribution in [3.63, 3.8) is 0 Å². The van der Waals surface area contributed by atoms with Gasteiger partial charge in [0.25, 0.3) is 5.56 Å². The smallest absolute Gasteiger partial charge is 0.343 e. The van der Waals surface area contributed by atoms with E-state index in [-0.39, 0.29) is 24.5 Å². The number of carbonyl (C=O) groups is 1. The summed E-state index contributed by atoms with van der Waals surface area (Å²) in [5, 5.41) is 11.4.